The molecule has 9 heteroatoms. The molecule has 0 saturated heterocycles. The number of esters is 1. The number of nitriles is 1. The number of nitrogens with one attached hydrogen (secondary N) is 2. The third kappa shape index (κ3) is 5.98. The van der Waals surface area contributed by atoms with E-state index in [4.69, 9.17) is 5.26 Å². The fourth-order valence-electron chi connectivity index (χ4n) is 1.68. The van der Waals surface area contributed by atoms with Crippen molar-refractivity contribution in [2.24, 2.45) is 0 Å². The second kappa shape index (κ2) is 8.42. The molecule has 2 N–H and O–H groups in total. The average molecular weight is 353 g/mol. The van der Waals surface area contributed by atoms with E-state index in [0.29, 0.717) is 0 Å². The van der Waals surface area contributed by atoms with Crippen LogP contribution in [0.2, 0.25) is 0 Å². The lowest BCUT2D eigenvalue weighted by Crippen LogP contribution is -2.32. The number of hydrogen-bond donors (Lipinski definition) is 2. The summed E-state index contributed by atoms with van der Waals surface area (Å²) >= 11 is 0. The van der Waals surface area contributed by atoms with E-state index in [1.54, 1.807) is 19.9 Å². The molecule has 0 spiro atoms. The topological polar surface area (TPSA) is 125 Å². The zero-order chi connectivity index (χ0) is 18.3. The molecule has 0 saturated carbocycles. The Bertz CT molecular complexity index is 735. The third-order valence-corrected chi connectivity index (χ3v) is 4.38. The normalized spacial score (nSPS) is 12.3. The Kier molecular flexibility index (Phi) is 6.88. The molecule has 8 nitrogen and oxygen atoms in total. The maximum absolute atomic E-state index is 12.0. The highest BCUT2D eigenvalue weighted by atomic mass is 32.2. The van der Waals surface area contributed by atoms with Crippen LogP contribution in [0.1, 0.15) is 31.1 Å². The lowest BCUT2D eigenvalue weighted by atomic mass is 10.2. The average Bonchev–Trinajstić information content (AvgIpc) is 2.51. The van der Waals surface area contributed by atoms with Crippen LogP contribution in [0.3, 0.4) is 0 Å². The zero-order valence-electron chi connectivity index (χ0n) is 13.6. The summed E-state index contributed by atoms with van der Waals surface area (Å²) in [6.07, 6.45) is -0.896. The maximum atomic E-state index is 12.0. The summed E-state index contributed by atoms with van der Waals surface area (Å²) in [4.78, 5) is 23.3. The molecule has 0 aromatic heterocycles. The molecule has 1 aromatic rings. The Labute approximate surface area is 140 Å². The fraction of sp³-hybridized carbons (Fsp3) is 0.400. The molecule has 0 heterocycles. The van der Waals surface area contributed by atoms with Crippen molar-refractivity contribution < 1.29 is 22.7 Å². The smallest absolute Gasteiger partial charge is 0.326 e. The van der Waals surface area contributed by atoms with Crippen molar-refractivity contribution in [1.29, 1.82) is 5.26 Å². The van der Waals surface area contributed by atoms with Crippen LogP contribution in [0.15, 0.2) is 29.2 Å². The minimum Gasteiger partial charge on any atom is -0.446 e. The fourth-order valence-corrected chi connectivity index (χ4v) is 2.93. The van der Waals surface area contributed by atoms with E-state index in [0.717, 1.165) is 0 Å². The first-order valence-electron chi connectivity index (χ1n) is 7.15. The number of benzene rings is 1. The summed E-state index contributed by atoms with van der Waals surface area (Å²) in [5, 5.41) is 10.8. The number of carbonyl (C=O) groups excluding carboxylic acids is 2. The van der Waals surface area contributed by atoms with Crippen LogP contribution in [0.4, 0.5) is 0 Å². The molecule has 0 radical (unpaired) electrons. The van der Waals surface area contributed by atoms with Gasteiger partial charge in [0.15, 0.2) is 6.10 Å². The van der Waals surface area contributed by atoms with E-state index in [1.807, 2.05) is 0 Å². The number of ether oxygens (including phenoxy) is 1. The van der Waals surface area contributed by atoms with Crippen LogP contribution >= 0.6 is 0 Å². The summed E-state index contributed by atoms with van der Waals surface area (Å²) in [6, 6.07) is 6.76. The van der Waals surface area contributed by atoms with Crippen LogP contribution < -0.4 is 10.0 Å². The van der Waals surface area contributed by atoms with Gasteiger partial charge in [-0.2, -0.15) is 5.26 Å². The van der Waals surface area contributed by atoms with Crippen molar-refractivity contribution in [3.63, 3.8) is 0 Å². The summed E-state index contributed by atoms with van der Waals surface area (Å²) in [7, 11) is -3.63. The van der Waals surface area contributed by atoms with E-state index < -0.39 is 28.0 Å². The number of carbonyl (C=O) groups is 2. The molecule has 24 heavy (non-hydrogen) atoms. The van der Waals surface area contributed by atoms with Crippen LogP contribution in [0, 0.1) is 11.3 Å². The van der Waals surface area contributed by atoms with Crippen molar-refractivity contribution in [3.8, 4) is 6.07 Å². The van der Waals surface area contributed by atoms with Gasteiger partial charge in [0.1, 0.15) is 12.6 Å². The number of rotatable bonds is 7. The van der Waals surface area contributed by atoms with Gasteiger partial charge < -0.3 is 10.1 Å². The molecule has 0 aliphatic carbocycles. The maximum Gasteiger partial charge on any atom is 0.326 e. The van der Waals surface area contributed by atoms with Crippen LogP contribution in [0.25, 0.3) is 0 Å². The Morgan fingerprint density at radius 2 is 1.79 bits per heavy atom. The van der Waals surface area contributed by atoms with Crippen molar-refractivity contribution in [2.75, 3.05) is 6.54 Å². The second-order valence-corrected chi connectivity index (χ2v) is 6.96. The van der Waals surface area contributed by atoms with E-state index in [9.17, 15) is 18.0 Å². The SMILES string of the molecule is CC(C)NS(=O)(=O)c1ccc(C(=O)NCC(=O)O[C@@H](C)C#N)cc1. The summed E-state index contributed by atoms with van der Waals surface area (Å²) in [6.45, 7) is 4.42. The largest absolute Gasteiger partial charge is 0.446 e. The molecule has 130 valence electrons. The van der Waals surface area contributed by atoms with Crippen molar-refractivity contribution in [2.45, 2.75) is 37.8 Å². The number of sulfonamides is 1. The molecule has 0 fully saturated rings. The Hall–Kier alpha value is -2.44. The number of amides is 1. The second-order valence-electron chi connectivity index (χ2n) is 5.24. The van der Waals surface area contributed by atoms with Crippen molar-refractivity contribution >= 4 is 21.9 Å². The van der Waals surface area contributed by atoms with Gasteiger partial charge in [0, 0.05) is 11.6 Å². The zero-order valence-corrected chi connectivity index (χ0v) is 14.4. The predicted octanol–water partition coefficient (Wildman–Crippen LogP) is 0.558. The first kappa shape index (κ1) is 19.6. The first-order valence-corrected chi connectivity index (χ1v) is 8.63. The van der Waals surface area contributed by atoms with Gasteiger partial charge in [-0.05, 0) is 45.0 Å². The minimum absolute atomic E-state index is 0.0370. The van der Waals surface area contributed by atoms with Gasteiger partial charge in [0.25, 0.3) is 5.91 Å². The Balaban J connectivity index is 2.68. The summed E-state index contributed by atoms with van der Waals surface area (Å²) in [5.74, 6) is -1.30. The molecule has 0 bridgehead atoms. The number of nitrogens with zero attached hydrogens (tertiary/aromatic N) is 1. The van der Waals surface area contributed by atoms with Crippen molar-refractivity contribution in [3.05, 3.63) is 29.8 Å². The van der Waals surface area contributed by atoms with Crippen LogP contribution in [-0.4, -0.2) is 39.0 Å². The lowest BCUT2D eigenvalue weighted by Gasteiger charge is -2.10. The third-order valence-electron chi connectivity index (χ3n) is 2.70. The highest BCUT2D eigenvalue weighted by Gasteiger charge is 2.16. The van der Waals surface area contributed by atoms with Gasteiger partial charge in [-0.3, -0.25) is 9.59 Å². The van der Waals surface area contributed by atoms with Gasteiger partial charge >= 0.3 is 5.97 Å². The molecule has 0 unspecified atom stereocenters. The highest BCUT2D eigenvalue weighted by molar-refractivity contribution is 7.89. The molecular weight excluding hydrogens is 334 g/mol. The quantitative estimate of drug-likeness (QED) is 0.690. The van der Waals surface area contributed by atoms with Crippen LogP contribution in [-0.2, 0) is 19.6 Å². The summed E-state index contributed by atoms with van der Waals surface area (Å²) < 4.78 is 31.1. The standard InChI is InChI=1S/C15H19N3O5S/c1-10(2)18-24(21,22)13-6-4-12(5-7-13)15(20)17-9-14(19)23-11(3)8-16/h4-7,10-11,18H,9H2,1-3H3,(H,17,20)/t11-/m0/s1. The molecule has 1 aromatic carbocycles. The van der Waals surface area contributed by atoms with E-state index in [2.05, 4.69) is 14.8 Å². The van der Waals surface area contributed by atoms with Gasteiger partial charge in [-0.15, -0.1) is 0 Å². The van der Waals surface area contributed by atoms with E-state index in [-0.39, 0.29) is 23.0 Å². The molecule has 1 amide bonds. The Morgan fingerprint density at radius 1 is 1.21 bits per heavy atom. The highest BCUT2D eigenvalue weighted by Crippen LogP contribution is 2.11. The van der Waals surface area contributed by atoms with Crippen LogP contribution in [0.5, 0.6) is 0 Å². The molecular formula is C15H19N3O5S. The summed E-state index contributed by atoms with van der Waals surface area (Å²) in [5.41, 5.74) is 0.194. The predicted molar refractivity (Wildman–Crippen MR) is 85.4 cm³/mol. The molecule has 0 aliphatic rings. The Morgan fingerprint density at radius 3 is 2.29 bits per heavy atom. The molecule has 1 rings (SSSR count). The lowest BCUT2D eigenvalue weighted by molar-refractivity contribution is -0.144. The monoisotopic (exact) mass is 353 g/mol. The van der Waals surface area contributed by atoms with Crippen molar-refractivity contribution in [1.82, 2.24) is 10.0 Å². The minimum atomic E-state index is -3.63. The molecule has 1 atom stereocenters. The van der Waals surface area contributed by atoms with Gasteiger partial charge in [-0.1, -0.05) is 0 Å². The van der Waals surface area contributed by atoms with E-state index >= 15 is 0 Å². The van der Waals surface area contributed by atoms with Gasteiger partial charge in [-0.25, -0.2) is 13.1 Å². The first-order chi connectivity index (χ1) is 11.2. The van der Waals surface area contributed by atoms with Gasteiger partial charge in [0.05, 0.1) is 4.90 Å². The number of hydrogen-bond acceptors (Lipinski definition) is 6. The van der Waals surface area contributed by atoms with Gasteiger partial charge in [0.2, 0.25) is 10.0 Å². The molecule has 0 aliphatic heterocycles. The van der Waals surface area contributed by atoms with E-state index in [1.165, 1.54) is 31.2 Å².